The average Bonchev–Trinajstić information content (AvgIpc) is 3.78. The first kappa shape index (κ1) is 33.1. The number of hydrogen-bond acceptors (Lipinski definition) is 9. The zero-order valence-electron chi connectivity index (χ0n) is 25.6. The van der Waals surface area contributed by atoms with Gasteiger partial charge in [0.1, 0.15) is 22.7 Å². The Balaban J connectivity index is 1.45. The van der Waals surface area contributed by atoms with Gasteiger partial charge in [-0.25, -0.2) is 9.18 Å². The molecule has 3 N–H and O–H groups in total. The van der Waals surface area contributed by atoms with Gasteiger partial charge in [0.25, 0.3) is 5.69 Å². The Hall–Kier alpha value is -3.81. The number of rotatable bonds is 11. The monoisotopic (exact) mass is 686 g/mol. The molecule has 0 unspecified atom stereocenters. The first-order valence-corrected chi connectivity index (χ1v) is 15.9. The number of nitrogens with one attached hydrogen (secondary N) is 2. The lowest BCUT2D eigenvalue weighted by atomic mass is 9.71. The molecule has 1 saturated heterocycles. The Bertz CT molecular complexity index is 1760. The Morgan fingerprint density at radius 1 is 1.21 bits per heavy atom. The third-order valence-electron chi connectivity index (χ3n) is 9.57. The Morgan fingerprint density at radius 2 is 1.98 bits per heavy atom. The van der Waals surface area contributed by atoms with Gasteiger partial charge in [-0.1, -0.05) is 41.4 Å². The van der Waals surface area contributed by atoms with Gasteiger partial charge in [0.15, 0.2) is 0 Å². The van der Waals surface area contributed by atoms with Gasteiger partial charge >= 0.3 is 5.97 Å². The van der Waals surface area contributed by atoms with Crippen LogP contribution in [0.1, 0.15) is 45.8 Å². The van der Waals surface area contributed by atoms with Crippen LogP contribution >= 0.6 is 23.2 Å². The van der Waals surface area contributed by atoms with Crippen molar-refractivity contribution in [3.8, 4) is 5.75 Å². The number of likely N-dealkylation sites (tertiary alicyclic amines) is 1. The van der Waals surface area contributed by atoms with E-state index in [1.165, 1.54) is 19.2 Å². The van der Waals surface area contributed by atoms with Crippen LogP contribution in [0.5, 0.6) is 5.75 Å². The van der Waals surface area contributed by atoms with Gasteiger partial charge in [0, 0.05) is 59.5 Å². The number of carbonyl (C=O) groups excluding carboxylic acids is 2. The minimum Gasteiger partial charge on any atom is -0.496 e. The highest BCUT2D eigenvalue weighted by Crippen LogP contribution is 2.60. The summed E-state index contributed by atoms with van der Waals surface area (Å²) in [5, 5.41) is 29.6. The molecule has 47 heavy (non-hydrogen) atoms. The summed E-state index contributed by atoms with van der Waals surface area (Å²) in [6.45, 7) is 0.242. The van der Waals surface area contributed by atoms with Gasteiger partial charge in [0.2, 0.25) is 5.91 Å². The largest absolute Gasteiger partial charge is 0.496 e. The van der Waals surface area contributed by atoms with Crippen molar-refractivity contribution < 1.29 is 33.5 Å². The predicted molar refractivity (Wildman–Crippen MR) is 172 cm³/mol. The number of methoxy groups -OCH3 is 2. The van der Waals surface area contributed by atoms with Gasteiger partial charge in [0.05, 0.1) is 30.8 Å². The third-order valence-corrected chi connectivity index (χ3v) is 10.1. The molecule has 2 aliphatic heterocycles. The molecule has 4 atom stereocenters. The molecule has 1 aliphatic carbocycles. The summed E-state index contributed by atoms with van der Waals surface area (Å²) in [6.07, 6.45) is 1.93. The lowest BCUT2D eigenvalue weighted by Gasteiger charge is -2.39. The van der Waals surface area contributed by atoms with Gasteiger partial charge in [-0.3, -0.25) is 19.8 Å². The minimum atomic E-state index is -1.41. The van der Waals surface area contributed by atoms with Crippen molar-refractivity contribution >= 4 is 46.5 Å². The maximum atomic E-state index is 16.1. The molecule has 2 heterocycles. The number of halogens is 3. The fourth-order valence-corrected chi connectivity index (χ4v) is 7.74. The molecule has 3 aromatic carbocycles. The number of fused-ring (bicyclic) bond motifs is 2. The van der Waals surface area contributed by atoms with Crippen molar-refractivity contribution in [2.75, 3.05) is 39.2 Å². The van der Waals surface area contributed by atoms with E-state index in [2.05, 4.69) is 10.6 Å². The molecule has 11 nitrogen and oxygen atoms in total. The first-order chi connectivity index (χ1) is 22.6. The van der Waals surface area contributed by atoms with Gasteiger partial charge < -0.3 is 25.2 Å². The van der Waals surface area contributed by atoms with E-state index >= 15 is 4.39 Å². The topological polar surface area (TPSA) is 143 Å². The smallest absolute Gasteiger partial charge is 0.341 e. The van der Waals surface area contributed by atoms with Crippen molar-refractivity contribution in [1.82, 2.24) is 10.2 Å². The molecule has 1 saturated carbocycles. The minimum absolute atomic E-state index is 0.0401. The summed E-state index contributed by atoms with van der Waals surface area (Å²) in [6, 6.07) is 11.7. The third kappa shape index (κ3) is 5.61. The lowest BCUT2D eigenvalue weighted by molar-refractivity contribution is -0.385. The van der Waals surface area contributed by atoms with Crippen molar-refractivity contribution in [2.45, 2.75) is 36.9 Å². The molecular formula is C33H33Cl2FN4O7. The highest BCUT2D eigenvalue weighted by Gasteiger charge is 2.67. The normalized spacial score (nSPS) is 23.5. The van der Waals surface area contributed by atoms with E-state index in [0.29, 0.717) is 28.7 Å². The van der Waals surface area contributed by atoms with E-state index in [0.717, 1.165) is 26.0 Å². The van der Waals surface area contributed by atoms with Crippen molar-refractivity contribution in [1.29, 1.82) is 0 Å². The van der Waals surface area contributed by atoms with Gasteiger partial charge in [-0.2, -0.15) is 0 Å². The fraction of sp³-hybridized carbons (Fsp3) is 0.394. The number of benzene rings is 3. The molecule has 0 radical (unpaired) electrons. The number of anilines is 1. The van der Waals surface area contributed by atoms with Crippen molar-refractivity contribution in [3.05, 3.63) is 96.8 Å². The second kappa shape index (κ2) is 13.0. The van der Waals surface area contributed by atoms with Crippen LogP contribution in [0.4, 0.5) is 15.8 Å². The summed E-state index contributed by atoms with van der Waals surface area (Å²) < 4.78 is 26.2. The predicted octanol–water partition coefficient (Wildman–Crippen LogP) is 5.26. The second-order valence-corrected chi connectivity index (χ2v) is 12.9. The van der Waals surface area contributed by atoms with Crippen LogP contribution < -0.4 is 15.4 Å². The maximum Gasteiger partial charge on any atom is 0.341 e. The van der Waals surface area contributed by atoms with E-state index in [9.17, 15) is 24.8 Å². The molecule has 1 spiro atoms. The van der Waals surface area contributed by atoms with Crippen molar-refractivity contribution in [2.24, 2.45) is 11.8 Å². The van der Waals surface area contributed by atoms with Gasteiger partial charge in [-0.15, -0.1) is 0 Å². The van der Waals surface area contributed by atoms with Crippen LogP contribution in [0.15, 0.2) is 48.5 Å². The number of amides is 1. The lowest BCUT2D eigenvalue weighted by Crippen LogP contribution is -2.53. The number of nitro groups is 1. The number of nitro benzene ring substituents is 1. The van der Waals surface area contributed by atoms with Crippen LogP contribution in [0.3, 0.4) is 0 Å². The molecule has 1 amide bonds. The Morgan fingerprint density at radius 3 is 2.64 bits per heavy atom. The van der Waals surface area contributed by atoms with Crippen LogP contribution in [-0.4, -0.2) is 66.8 Å². The van der Waals surface area contributed by atoms with Crippen LogP contribution in [0.25, 0.3) is 0 Å². The van der Waals surface area contributed by atoms with E-state index in [-0.39, 0.29) is 58.8 Å². The summed E-state index contributed by atoms with van der Waals surface area (Å²) in [7, 11) is 2.50. The highest BCUT2D eigenvalue weighted by atomic mass is 35.5. The number of nitrogens with zero attached hydrogens (tertiary/aromatic N) is 2. The molecule has 2 fully saturated rings. The fourth-order valence-electron chi connectivity index (χ4n) is 7.39. The van der Waals surface area contributed by atoms with Crippen molar-refractivity contribution in [3.63, 3.8) is 0 Å². The Kier molecular flexibility index (Phi) is 9.16. The highest BCUT2D eigenvalue weighted by molar-refractivity contribution is 6.31. The standard InChI is InChI=1S/C33H33Cl2FN4O7/c1-46-28-10-18(26(40(44)45)12-21(28)31(42)47-2)13-37-14-22-27(16-41)39(15-17-6-7-17)33(29(22)20-4-3-5-24(35)30(20)36)23-9-8-19(34)11-25(23)38-32(33)43/h3-5,8-12,17,22,27,29,37,41H,6-7,13-16H2,1-2H3,(H,38,43)/t22-,27+,29+,33-/m0/s1. The number of ether oxygens (including phenoxy) is 2. The molecule has 6 rings (SSSR count). The molecule has 0 bridgehead atoms. The zero-order valence-corrected chi connectivity index (χ0v) is 27.1. The average molecular weight is 688 g/mol. The summed E-state index contributed by atoms with van der Waals surface area (Å²) >= 11 is 12.6. The number of aliphatic hydroxyl groups excluding tert-OH is 1. The molecule has 3 aliphatic rings. The number of carbonyl (C=O) groups is 2. The first-order valence-electron chi connectivity index (χ1n) is 15.1. The SMILES string of the molecule is COC(=O)c1cc([N+](=O)[O-])c(CNC[C@H]2[C@@H](CO)N(CC3CC3)[C@]3(C(=O)Nc4cc(Cl)ccc43)[C@@H]2c2cccc(Cl)c2F)cc1OC. The second-order valence-electron chi connectivity index (χ2n) is 12.1. The number of esters is 1. The molecule has 0 aromatic heterocycles. The Labute approximate surface area is 280 Å². The van der Waals surface area contributed by atoms with Crippen LogP contribution in [-0.2, 0) is 21.6 Å². The van der Waals surface area contributed by atoms with E-state index in [1.54, 1.807) is 30.3 Å². The van der Waals surface area contributed by atoms with E-state index in [4.69, 9.17) is 32.7 Å². The maximum absolute atomic E-state index is 16.1. The quantitative estimate of drug-likeness (QED) is 0.140. The van der Waals surface area contributed by atoms with E-state index in [1.807, 2.05) is 4.90 Å². The zero-order chi connectivity index (χ0) is 33.6. The van der Waals surface area contributed by atoms with Crippen LogP contribution in [0, 0.1) is 27.8 Å². The molecule has 14 heteroatoms. The van der Waals surface area contributed by atoms with E-state index < -0.39 is 40.1 Å². The summed E-state index contributed by atoms with van der Waals surface area (Å²) in [4.78, 5) is 40.1. The number of aliphatic hydroxyl groups is 1. The number of hydrogen-bond donors (Lipinski definition) is 3. The molecule has 3 aromatic rings. The summed E-state index contributed by atoms with van der Waals surface area (Å²) in [5.41, 5.74) is -0.256. The molecule has 248 valence electrons. The van der Waals surface area contributed by atoms with Crippen LogP contribution in [0.2, 0.25) is 10.0 Å². The van der Waals surface area contributed by atoms with Gasteiger partial charge in [-0.05, 0) is 54.5 Å². The molecular weight excluding hydrogens is 654 g/mol. The summed E-state index contributed by atoms with van der Waals surface area (Å²) in [5.74, 6) is -2.83.